The average Bonchev–Trinajstić information content (AvgIpc) is 2.80. The van der Waals surface area contributed by atoms with Crippen molar-refractivity contribution in [3.8, 4) is 0 Å². The Morgan fingerprint density at radius 2 is 2.06 bits per heavy atom. The number of aromatic nitrogens is 4. The molecule has 7 nitrogen and oxygen atoms in total. The zero-order valence-electron chi connectivity index (χ0n) is 11.0. The van der Waals surface area contributed by atoms with Crippen LogP contribution < -0.4 is 5.32 Å². The molecule has 0 aliphatic carbocycles. The smallest absolute Gasteiger partial charge is 0.241 e. The van der Waals surface area contributed by atoms with Crippen LogP contribution in [0.3, 0.4) is 0 Å². The molecule has 0 aliphatic rings. The summed E-state index contributed by atoms with van der Waals surface area (Å²) in [6.07, 6.45) is 4.53. The van der Waals surface area contributed by atoms with Crippen molar-refractivity contribution in [2.45, 2.75) is 51.7 Å². The van der Waals surface area contributed by atoms with Crippen LogP contribution in [0.25, 0.3) is 0 Å². The van der Waals surface area contributed by atoms with E-state index in [9.17, 15) is 9.90 Å². The fourth-order valence-corrected chi connectivity index (χ4v) is 1.95. The monoisotopic (exact) mass is 255 g/mol. The van der Waals surface area contributed by atoms with Gasteiger partial charge in [0.1, 0.15) is 12.9 Å². The first-order valence-electron chi connectivity index (χ1n) is 6.29. The van der Waals surface area contributed by atoms with E-state index in [1.54, 1.807) is 0 Å². The zero-order valence-corrected chi connectivity index (χ0v) is 11.0. The van der Waals surface area contributed by atoms with Crippen LogP contribution in [0.1, 0.15) is 39.5 Å². The van der Waals surface area contributed by atoms with Crippen LogP contribution in [0.15, 0.2) is 6.33 Å². The average molecular weight is 255 g/mol. The van der Waals surface area contributed by atoms with Gasteiger partial charge in [0.05, 0.1) is 5.60 Å². The minimum absolute atomic E-state index is 0.0708. The second-order valence-corrected chi connectivity index (χ2v) is 4.51. The second-order valence-electron chi connectivity index (χ2n) is 4.51. The van der Waals surface area contributed by atoms with Crippen LogP contribution >= 0.6 is 0 Å². The molecule has 0 saturated heterocycles. The van der Waals surface area contributed by atoms with Crippen molar-refractivity contribution in [1.29, 1.82) is 0 Å². The molecule has 1 rings (SSSR count). The molecule has 18 heavy (non-hydrogen) atoms. The number of nitrogens with zero attached hydrogens (tertiary/aromatic N) is 4. The Balaban J connectivity index is 2.39. The Labute approximate surface area is 107 Å². The van der Waals surface area contributed by atoms with E-state index >= 15 is 0 Å². The molecule has 0 fully saturated rings. The van der Waals surface area contributed by atoms with E-state index in [-0.39, 0.29) is 19.0 Å². The Hall–Kier alpha value is -1.50. The maximum absolute atomic E-state index is 11.6. The summed E-state index contributed by atoms with van der Waals surface area (Å²) in [7, 11) is 0. The summed E-state index contributed by atoms with van der Waals surface area (Å²) in [5, 5.41) is 23.5. The van der Waals surface area contributed by atoms with Gasteiger partial charge in [0.15, 0.2) is 0 Å². The quantitative estimate of drug-likeness (QED) is 0.688. The normalized spacial score (nSPS) is 11.5. The van der Waals surface area contributed by atoms with Gasteiger partial charge in [0.2, 0.25) is 5.91 Å². The topological polar surface area (TPSA) is 92.9 Å². The first-order valence-corrected chi connectivity index (χ1v) is 6.29. The molecular formula is C11H21N5O2. The van der Waals surface area contributed by atoms with E-state index in [4.69, 9.17) is 0 Å². The van der Waals surface area contributed by atoms with E-state index in [0.717, 1.165) is 12.8 Å². The van der Waals surface area contributed by atoms with Gasteiger partial charge in [-0.05, 0) is 23.3 Å². The van der Waals surface area contributed by atoms with Crippen molar-refractivity contribution in [3.63, 3.8) is 0 Å². The Bertz CT molecular complexity index is 346. The fourth-order valence-electron chi connectivity index (χ4n) is 1.95. The molecule has 7 heteroatoms. The number of nitrogens with one attached hydrogen (secondary N) is 1. The van der Waals surface area contributed by atoms with Crippen LogP contribution in [0.4, 0.5) is 0 Å². The van der Waals surface area contributed by atoms with Crippen molar-refractivity contribution in [3.05, 3.63) is 6.33 Å². The minimum Gasteiger partial charge on any atom is -0.388 e. The van der Waals surface area contributed by atoms with Gasteiger partial charge < -0.3 is 10.4 Å². The van der Waals surface area contributed by atoms with Crippen LogP contribution in [0.2, 0.25) is 0 Å². The van der Waals surface area contributed by atoms with E-state index in [1.165, 1.54) is 11.0 Å². The van der Waals surface area contributed by atoms with Crippen molar-refractivity contribution in [1.82, 2.24) is 25.5 Å². The largest absolute Gasteiger partial charge is 0.388 e. The molecule has 0 unspecified atom stereocenters. The van der Waals surface area contributed by atoms with Crippen LogP contribution in [0, 0.1) is 0 Å². The number of hydrogen-bond donors (Lipinski definition) is 2. The molecule has 0 aliphatic heterocycles. The van der Waals surface area contributed by atoms with Crippen molar-refractivity contribution >= 4 is 5.91 Å². The standard InChI is InChI=1S/C11H21N5O2/c1-3-5-11(18,6-4-2)8-12-10(17)7-16-9-13-14-15-16/h9,18H,3-8H2,1-2H3,(H,12,17). The van der Waals surface area contributed by atoms with Gasteiger partial charge in [-0.15, -0.1) is 5.10 Å². The summed E-state index contributed by atoms with van der Waals surface area (Å²) < 4.78 is 1.34. The molecule has 0 atom stereocenters. The first-order chi connectivity index (χ1) is 8.59. The fraction of sp³-hybridized carbons (Fsp3) is 0.818. The molecule has 1 aromatic heterocycles. The van der Waals surface area contributed by atoms with Crippen LogP contribution in [-0.4, -0.2) is 43.4 Å². The second kappa shape index (κ2) is 7.05. The Morgan fingerprint density at radius 3 is 2.56 bits per heavy atom. The van der Waals surface area contributed by atoms with Crippen LogP contribution in [-0.2, 0) is 11.3 Å². The van der Waals surface area contributed by atoms with Gasteiger partial charge in [-0.2, -0.15) is 0 Å². The highest BCUT2D eigenvalue weighted by molar-refractivity contribution is 5.75. The number of carbonyl (C=O) groups is 1. The third-order valence-electron chi connectivity index (χ3n) is 2.74. The lowest BCUT2D eigenvalue weighted by Crippen LogP contribution is -2.43. The summed E-state index contributed by atoms with van der Waals surface area (Å²) in [6.45, 7) is 4.38. The van der Waals surface area contributed by atoms with Gasteiger partial charge >= 0.3 is 0 Å². The lowest BCUT2D eigenvalue weighted by molar-refractivity contribution is -0.123. The molecule has 1 amide bonds. The molecule has 1 aromatic rings. The highest BCUT2D eigenvalue weighted by Gasteiger charge is 2.25. The lowest BCUT2D eigenvalue weighted by Gasteiger charge is -2.27. The maximum Gasteiger partial charge on any atom is 0.241 e. The Kier molecular flexibility index (Phi) is 5.70. The maximum atomic E-state index is 11.6. The van der Waals surface area contributed by atoms with Gasteiger partial charge in [-0.3, -0.25) is 4.79 Å². The van der Waals surface area contributed by atoms with E-state index < -0.39 is 5.60 Å². The summed E-state index contributed by atoms with van der Waals surface area (Å²) in [5.41, 5.74) is -0.806. The molecule has 2 N–H and O–H groups in total. The number of hydrogen-bond acceptors (Lipinski definition) is 5. The molecular weight excluding hydrogens is 234 g/mol. The minimum atomic E-state index is -0.806. The predicted molar refractivity (Wildman–Crippen MR) is 65.6 cm³/mol. The molecule has 0 spiro atoms. The van der Waals surface area contributed by atoms with Crippen LogP contribution in [0.5, 0.6) is 0 Å². The lowest BCUT2D eigenvalue weighted by atomic mass is 9.93. The Morgan fingerprint density at radius 1 is 1.39 bits per heavy atom. The summed E-state index contributed by atoms with van der Waals surface area (Å²) in [6, 6.07) is 0. The first kappa shape index (κ1) is 14.6. The van der Waals surface area contributed by atoms with Gasteiger partial charge in [-0.1, -0.05) is 26.7 Å². The zero-order chi connectivity index (χ0) is 13.4. The van der Waals surface area contributed by atoms with E-state index in [2.05, 4.69) is 20.8 Å². The van der Waals surface area contributed by atoms with E-state index in [0.29, 0.717) is 12.8 Å². The third kappa shape index (κ3) is 4.79. The van der Waals surface area contributed by atoms with E-state index in [1.807, 2.05) is 13.8 Å². The van der Waals surface area contributed by atoms with Crippen molar-refractivity contribution in [2.75, 3.05) is 6.54 Å². The molecule has 0 bridgehead atoms. The highest BCUT2D eigenvalue weighted by atomic mass is 16.3. The van der Waals surface area contributed by atoms with Gasteiger partial charge in [0, 0.05) is 6.54 Å². The predicted octanol–water partition coefficient (Wildman–Crippen LogP) is 0.121. The van der Waals surface area contributed by atoms with Gasteiger partial charge in [0.25, 0.3) is 0 Å². The summed E-state index contributed by atoms with van der Waals surface area (Å²) in [4.78, 5) is 11.6. The molecule has 1 heterocycles. The number of aliphatic hydroxyl groups is 1. The summed E-state index contributed by atoms with van der Waals surface area (Å²) >= 11 is 0. The number of carbonyl (C=O) groups excluding carboxylic acids is 1. The summed E-state index contributed by atoms with van der Waals surface area (Å²) in [5.74, 6) is -0.201. The number of tetrazole rings is 1. The third-order valence-corrected chi connectivity index (χ3v) is 2.74. The number of rotatable bonds is 8. The molecule has 0 saturated carbocycles. The number of amides is 1. The van der Waals surface area contributed by atoms with Crippen molar-refractivity contribution < 1.29 is 9.90 Å². The highest BCUT2D eigenvalue weighted by Crippen LogP contribution is 2.18. The van der Waals surface area contributed by atoms with Crippen molar-refractivity contribution in [2.24, 2.45) is 0 Å². The van der Waals surface area contributed by atoms with Gasteiger partial charge in [-0.25, -0.2) is 4.68 Å². The SMILES string of the molecule is CCCC(O)(CCC)CNC(=O)Cn1cnnn1. The molecule has 0 radical (unpaired) electrons. The molecule has 0 aromatic carbocycles. The molecule has 102 valence electrons.